The summed E-state index contributed by atoms with van der Waals surface area (Å²) in [5, 5.41) is 2.83. The third kappa shape index (κ3) is 5.38. The summed E-state index contributed by atoms with van der Waals surface area (Å²) < 4.78 is 5.27. The summed E-state index contributed by atoms with van der Waals surface area (Å²) in [6.45, 7) is 3.04. The van der Waals surface area contributed by atoms with Gasteiger partial charge in [0.05, 0.1) is 7.11 Å². The third-order valence-electron chi connectivity index (χ3n) is 2.52. The van der Waals surface area contributed by atoms with Gasteiger partial charge in [0.1, 0.15) is 5.75 Å². The Kier molecular flexibility index (Phi) is 8.16. The fourth-order valence-corrected chi connectivity index (χ4v) is 1.66. The Morgan fingerprint density at radius 1 is 1.44 bits per heavy atom. The Hall–Kier alpha value is -1.26. The lowest BCUT2D eigenvalue weighted by Crippen LogP contribution is -2.27. The lowest BCUT2D eigenvalue weighted by molar-refractivity contribution is -0.120. The quantitative estimate of drug-likeness (QED) is 0.823. The molecule has 0 aromatic heterocycles. The molecule has 18 heavy (non-hydrogen) atoms. The van der Waals surface area contributed by atoms with Crippen LogP contribution in [0.1, 0.15) is 17.5 Å². The third-order valence-corrected chi connectivity index (χ3v) is 2.52. The summed E-state index contributed by atoms with van der Waals surface area (Å²) in [5.41, 5.74) is 7.60. The van der Waals surface area contributed by atoms with Crippen LogP contribution in [0.15, 0.2) is 18.2 Å². The Balaban J connectivity index is 0.00000289. The Labute approximate surface area is 114 Å². The average molecular weight is 273 g/mol. The van der Waals surface area contributed by atoms with E-state index in [4.69, 9.17) is 10.5 Å². The lowest BCUT2D eigenvalue weighted by Gasteiger charge is -2.10. The molecule has 0 spiro atoms. The van der Waals surface area contributed by atoms with Crippen molar-refractivity contribution in [2.75, 3.05) is 20.2 Å². The molecule has 0 saturated carbocycles. The van der Waals surface area contributed by atoms with Crippen LogP contribution in [-0.2, 0) is 11.2 Å². The molecule has 0 unspecified atom stereocenters. The number of aryl methyl sites for hydroxylation is 1. The SMILES string of the molecule is COc1ccc(C)cc1CCNC(=O)CCN.Cl. The van der Waals surface area contributed by atoms with Crippen LogP contribution in [0.4, 0.5) is 0 Å². The van der Waals surface area contributed by atoms with Gasteiger partial charge in [-0.25, -0.2) is 0 Å². The molecule has 0 aliphatic rings. The monoisotopic (exact) mass is 272 g/mol. The summed E-state index contributed by atoms with van der Waals surface area (Å²) >= 11 is 0. The van der Waals surface area contributed by atoms with Crippen LogP contribution in [0.25, 0.3) is 0 Å². The van der Waals surface area contributed by atoms with Gasteiger partial charge in [-0.05, 0) is 25.0 Å². The number of ether oxygens (including phenoxy) is 1. The predicted molar refractivity (Wildman–Crippen MR) is 75.4 cm³/mol. The van der Waals surface area contributed by atoms with Crippen molar-refractivity contribution in [1.29, 1.82) is 0 Å². The molecule has 3 N–H and O–H groups in total. The van der Waals surface area contributed by atoms with Crippen LogP contribution in [0, 0.1) is 6.92 Å². The van der Waals surface area contributed by atoms with Crippen LogP contribution in [0.3, 0.4) is 0 Å². The number of benzene rings is 1. The summed E-state index contributed by atoms with van der Waals surface area (Å²) in [4.78, 5) is 11.2. The van der Waals surface area contributed by atoms with Crippen molar-refractivity contribution in [2.24, 2.45) is 5.73 Å². The van der Waals surface area contributed by atoms with E-state index in [1.165, 1.54) is 5.56 Å². The van der Waals surface area contributed by atoms with E-state index in [0.29, 0.717) is 19.5 Å². The zero-order valence-electron chi connectivity index (χ0n) is 10.9. The van der Waals surface area contributed by atoms with Gasteiger partial charge >= 0.3 is 0 Å². The number of rotatable bonds is 6. The maximum Gasteiger partial charge on any atom is 0.221 e. The van der Waals surface area contributed by atoms with Crippen molar-refractivity contribution in [3.63, 3.8) is 0 Å². The Morgan fingerprint density at radius 2 is 2.17 bits per heavy atom. The summed E-state index contributed by atoms with van der Waals surface area (Å²) in [5.74, 6) is 0.864. The van der Waals surface area contributed by atoms with Crippen LogP contribution in [0.5, 0.6) is 5.75 Å². The van der Waals surface area contributed by atoms with Gasteiger partial charge in [0.25, 0.3) is 0 Å². The molecule has 0 saturated heterocycles. The van der Waals surface area contributed by atoms with Gasteiger partial charge in [0.15, 0.2) is 0 Å². The van der Waals surface area contributed by atoms with Crippen LogP contribution in [-0.4, -0.2) is 26.1 Å². The van der Waals surface area contributed by atoms with E-state index in [9.17, 15) is 4.79 Å². The van der Waals surface area contributed by atoms with Gasteiger partial charge in [0, 0.05) is 19.5 Å². The maximum atomic E-state index is 11.2. The molecule has 1 amide bonds. The van der Waals surface area contributed by atoms with Crippen molar-refractivity contribution >= 4 is 18.3 Å². The van der Waals surface area contributed by atoms with Gasteiger partial charge in [-0.15, -0.1) is 12.4 Å². The van der Waals surface area contributed by atoms with Gasteiger partial charge in [-0.3, -0.25) is 4.79 Å². The largest absolute Gasteiger partial charge is 0.496 e. The molecule has 0 radical (unpaired) electrons. The van der Waals surface area contributed by atoms with E-state index in [1.807, 2.05) is 19.1 Å². The molecular formula is C13H21ClN2O2. The normalized spacial score (nSPS) is 9.50. The molecule has 1 aromatic carbocycles. The van der Waals surface area contributed by atoms with Gasteiger partial charge in [0.2, 0.25) is 5.91 Å². The van der Waals surface area contributed by atoms with Crippen LogP contribution in [0.2, 0.25) is 0 Å². The maximum absolute atomic E-state index is 11.2. The van der Waals surface area contributed by atoms with E-state index in [2.05, 4.69) is 11.4 Å². The van der Waals surface area contributed by atoms with Gasteiger partial charge < -0.3 is 15.8 Å². The number of amides is 1. The molecule has 5 heteroatoms. The summed E-state index contributed by atoms with van der Waals surface area (Å²) in [6, 6.07) is 6.04. The number of carbonyl (C=O) groups is 1. The number of halogens is 1. The molecule has 1 aromatic rings. The number of methoxy groups -OCH3 is 1. The van der Waals surface area contributed by atoms with Gasteiger partial charge in [-0.1, -0.05) is 17.7 Å². The second kappa shape index (κ2) is 8.78. The number of nitrogens with two attached hydrogens (primary N) is 1. The Morgan fingerprint density at radius 3 is 2.78 bits per heavy atom. The smallest absolute Gasteiger partial charge is 0.221 e. The minimum absolute atomic E-state index is 0. The minimum atomic E-state index is -0.000815. The topological polar surface area (TPSA) is 64.3 Å². The van der Waals surface area contributed by atoms with Crippen molar-refractivity contribution in [3.05, 3.63) is 29.3 Å². The van der Waals surface area contributed by atoms with E-state index in [-0.39, 0.29) is 18.3 Å². The highest BCUT2D eigenvalue weighted by Crippen LogP contribution is 2.19. The first-order valence-electron chi connectivity index (χ1n) is 5.77. The first kappa shape index (κ1) is 16.7. The molecular weight excluding hydrogens is 252 g/mol. The highest BCUT2D eigenvalue weighted by molar-refractivity contribution is 5.85. The summed E-state index contributed by atoms with van der Waals surface area (Å²) in [6.07, 6.45) is 1.14. The zero-order valence-corrected chi connectivity index (χ0v) is 11.7. The first-order valence-corrected chi connectivity index (χ1v) is 5.77. The van der Waals surface area contributed by atoms with Crippen molar-refractivity contribution in [3.8, 4) is 5.75 Å². The van der Waals surface area contributed by atoms with Crippen LogP contribution < -0.4 is 15.8 Å². The highest BCUT2D eigenvalue weighted by atomic mass is 35.5. The Bertz CT molecular complexity index is 383. The molecule has 0 atom stereocenters. The van der Waals surface area contributed by atoms with E-state index < -0.39 is 0 Å². The molecule has 102 valence electrons. The van der Waals surface area contributed by atoms with Crippen molar-refractivity contribution in [1.82, 2.24) is 5.32 Å². The number of nitrogens with one attached hydrogen (secondary N) is 1. The fourth-order valence-electron chi connectivity index (χ4n) is 1.66. The number of hydrogen-bond acceptors (Lipinski definition) is 3. The zero-order chi connectivity index (χ0) is 12.7. The van der Waals surface area contributed by atoms with Gasteiger partial charge in [-0.2, -0.15) is 0 Å². The molecule has 0 aliphatic heterocycles. The molecule has 0 heterocycles. The standard InChI is InChI=1S/C13H20N2O2.ClH/c1-10-3-4-12(17-2)11(9-10)6-8-15-13(16)5-7-14;/h3-4,9H,5-8,14H2,1-2H3,(H,15,16);1H. The van der Waals surface area contributed by atoms with E-state index in [1.54, 1.807) is 7.11 Å². The highest BCUT2D eigenvalue weighted by Gasteiger charge is 2.04. The molecule has 0 aliphatic carbocycles. The van der Waals surface area contributed by atoms with Crippen molar-refractivity contribution in [2.45, 2.75) is 19.8 Å². The fraction of sp³-hybridized carbons (Fsp3) is 0.462. The number of hydrogen-bond donors (Lipinski definition) is 2. The first-order chi connectivity index (χ1) is 8.17. The second-order valence-corrected chi connectivity index (χ2v) is 3.95. The molecule has 1 rings (SSSR count). The lowest BCUT2D eigenvalue weighted by atomic mass is 10.1. The second-order valence-electron chi connectivity index (χ2n) is 3.95. The minimum Gasteiger partial charge on any atom is -0.496 e. The van der Waals surface area contributed by atoms with E-state index >= 15 is 0 Å². The average Bonchev–Trinajstić information content (AvgIpc) is 2.30. The van der Waals surface area contributed by atoms with E-state index in [0.717, 1.165) is 17.7 Å². The van der Waals surface area contributed by atoms with Crippen molar-refractivity contribution < 1.29 is 9.53 Å². The molecule has 0 fully saturated rings. The molecule has 0 bridgehead atoms. The predicted octanol–water partition coefficient (Wildman–Crippen LogP) is 1.43. The van der Waals surface area contributed by atoms with Crippen LogP contribution >= 0.6 is 12.4 Å². The summed E-state index contributed by atoms with van der Waals surface area (Å²) in [7, 11) is 1.65. The molecule has 4 nitrogen and oxygen atoms in total. The number of carbonyl (C=O) groups excluding carboxylic acids is 1.